The predicted molar refractivity (Wildman–Crippen MR) is 136 cm³/mol. The highest BCUT2D eigenvalue weighted by Gasteiger charge is 2.71. The van der Waals surface area contributed by atoms with Crippen LogP contribution in [0, 0.1) is 5.92 Å². The number of nitrogens with zero attached hydrogens (tertiary/aromatic N) is 2. The first-order valence-electron chi connectivity index (χ1n) is 12.4. The van der Waals surface area contributed by atoms with Crippen LogP contribution in [-0.4, -0.2) is 59.7 Å². The maximum atomic E-state index is 13.3. The maximum absolute atomic E-state index is 13.3. The maximum Gasteiger partial charge on any atom is 0.258 e. The van der Waals surface area contributed by atoms with Crippen LogP contribution in [0.15, 0.2) is 36.4 Å². The third-order valence-electron chi connectivity index (χ3n) is 8.86. The van der Waals surface area contributed by atoms with E-state index < -0.39 is 0 Å². The summed E-state index contributed by atoms with van der Waals surface area (Å²) in [6.45, 7) is 0.630. The average Bonchev–Trinajstić information content (AvgIpc) is 3.41. The standard InChI is InChI=1S/C27H29ClN2O3S/c1-29-25-13-20(11-17-6-8-27(17,25)29)33-24-5-2-18(12-23(24)28)30-9-7-16-10-19(32-21-14-34-15-21)3-4-22(16)26(30)31/h2-5,10,12,17,20-21,25H,6-9,11,13-15H2,1H3/t17-,20+,25-,27?,29?/m1/s1. The van der Waals surface area contributed by atoms with Crippen LogP contribution in [0.5, 0.6) is 11.5 Å². The highest BCUT2D eigenvalue weighted by Crippen LogP contribution is 2.64. The van der Waals surface area contributed by atoms with Crippen molar-refractivity contribution in [3.05, 3.63) is 52.5 Å². The van der Waals surface area contributed by atoms with Gasteiger partial charge in [0, 0.05) is 47.3 Å². The molecule has 2 aromatic carbocycles. The van der Waals surface area contributed by atoms with Crippen LogP contribution >= 0.6 is 23.4 Å². The van der Waals surface area contributed by atoms with Gasteiger partial charge in [0.2, 0.25) is 0 Å². The first kappa shape index (κ1) is 21.4. The molecule has 2 saturated carbocycles. The van der Waals surface area contributed by atoms with Gasteiger partial charge < -0.3 is 14.4 Å². The summed E-state index contributed by atoms with van der Waals surface area (Å²) in [5.74, 6) is 4.47. The molecular weight excluding hydrogens is 468 g/mol. The van der Waals surface area contributed by atoms with Crippen LogP contribution in [0.1, 0.15) is 41.6 Å². The van der Waals surface area contributed by atoms with E-state index in [-0.39, 0.29) is 12.0 Å². The van der Waals surface area contributed by atoms with Crippen LogP contribution < -0.4 is 14.4 Å². The number of carbonyl (C=O) groups is 1. The third-order valence-corrected chi connectivity index (χ3v) is 10.4. The van der Waals surface area contributed by atoms with Gasteiger partial charge in [-0.2, -0.15) is 11.8 Å². The zero-order chi connectivity index (χ0) is 23.0. The van der Waals surface area contributed by atoms with E-state index in [1.54, 1.807) is 0 Å². The van der Waals surface area contributed by atoms with Crippen molar-refractivity contribution in [1.82, 2.24) is 4.90 Å². The molecule has 3 heterocycles. The molecule has 5 atom stereocenters. The number of likely N-dealkylation sites (tertiary alicyclic amines) is 1. The number of ether oxygens (including phenoxy) is 2. The second-order valence-electron chi connectivity index (χ2n) is 10.5. The van der Waals surface area contributed by atoms with Crippen molar-refractivity contribution in [2.24, 2.45) is 5.92 Å². The number of amides is 1. The van der Waals surface area contributed by atoms with E-state index in [9.17, 15) is 4.79 Å². The van der Waals surface area contributed by atoms with Crippen LogP contribution in [0.4, 0.5) is 5.69 Å². The number of halogens is 1. The van der Waals surface area contributed by atoms with Crippen LogP contribution in [0.25, 0.3) is 0 Å². The van der Waals surface area contributed by atoms with Gasteiger partial charge in [-0.25, -0.2) is 0 Å². The van der Waals surface area contributed by atoms with Gasteiger partial charge in [0.05, 0.1) is 5.02 Å². The Morgan fingerprint density at radius 2 is 1.97 bits per heavy atom. The highest BCUT2D eigenvalue weighted by molar-refractivity contribution is 8.00. The van der Waals surface area contributed by atoms with Crippen molar-refractivity contribution in [2.45, 2.75) is 55.9 Å². The normalized spacial score (nSPS) is 33.7. The zero-order valence-electron chi connectivity index (χ0n) is 19.3. The summed E-state index contributed by atoms with van der Waals surface area (Å²) >= 11 is 8.57. The van der Waals surface area contributed by atoms with Crippen molar-refractivity contribution >= 4 is 35.0 Å². The molecule has 1 amide bonds. The first-order valence-corrected chi connectivity index (χ1v) is 13.9. The average molecular weight is 497 g/mol. The fraction of sp³-hybridized carbons (Fsp3) is 0.519. The monoisotopic (exact) mass is 496 g/mol. The SMILES string of the molecule is CN1[C@@H]2C[C@@H](Oc3ccc(N4CCc5cc(OC6CSC6)ccc5C4=O)cc3Cl)C[C@H]3CCC321. The molecule has 2 saturated heterocycles. The first-order chi connectivity index (χ1) is 16.5. The molecular formula is C27H29ClN2O3S. The molecule has 3 aliphatic heterocycles. The van der Waals surface area contributed by atoms with E-state index in [0.29, 0.717) is 29.3 Å². The summed E-state index contributed by atoms with van der Waals surface area (Å²) in [5.41, 5.74) is 3.13. The van der Waals surface area contributed by atoms with Gasteiger partial charge in [-0.1, -0.05) is 11.6 Å². The minimum absolute atomic E-state index is 0.0158. The van der Waals surface area contributed by atoms with Crippen molar-refractivity contribution in [3.63, 3.8) is 0 Å². The quantitative estimate of drug-likeness (QED) is 0.542. The minimum Gasteiger partial charge on any atom is -0.489 e. The van der Waals surface area contributed by atoms with Crippen molar-refractivity contribution in [3.8, 4) is 11.5 Å². The predicted octanol–water partition coefficient (Wildman–Crippen LogP) is 5.04. The molecule has 2 aromatic rings. The van der Waals surface area contributed by atoms with Crippen molar-refractivity contribution in [2.75, 3.05) is 30.0 Å². The van der Waals surface area contributed by atoms with Crippen molar-refractivity contribution < 1.29 is 14.3 Å². The lowest BCUT2D eigenvalue weighted by Gasteiger charge is -2.43. The molecule has 0 bridgehead atoms. The second kappa shape index (κ2) is 7.81. The number of fused-ring (bicyclic) bond motifs is 1. The van der Waals surface area contributed by atoms with Gasteiger partial charge in [0.1, 0.15) is 23.7 Å². The molecule has 7 rings (SSSR count). The van der Waals surface area contributed by atoms with Gasteiger partial charge in [0.15, 0.2) is 0 Å². The number of hydrogen-bond acceptors (Lipinski definition) is 5. The highest BCUT2D eigenvalue weighted by atomic mass is 35.5. The number of anilines is 1. The Morgan fingerprint density at radius 1 is 1.09 bits per heavy atom. The van der Waals surface area contributed by atoms with E-state index in [1.807, 2.05) is 53.1 Å². The lowest BCUT2D eigenvalue weighted by atomic mass is 9.64. The summed E-state index contributed by atoms with van der Waals surface area (Å²) in [6, 6.07) is 12.3. The van der Waals surface area contributed by atoms with Gasteiger partial charge >= 0.3 is 0 Å². The van der Waals surface area contributed by atoms with Crippen LogP contribution in [0.3, 0.4) is 0 Å². The molecule has 2 aliphatic carbocycles. The van der Waals surface area contributed by atoms with E-state index in [4.69, 9.17) is 21.1 Å². The Labute approximate surface area is 209 Å². The summed E-state index contributed by atoms with van der Waals surface area (Å²) in [7, 11) is 2.26. The Morgan fingerprint density at radius 3 is 2.68 bits per heavy atom. The summed E-state index contributed by atoms with van der Waals surface area (Å²) < 4.78 is 12.4. The Hall–Kier alpha value is -1.89. The molecule has 1 spiro atoms. The molecule has 2 unspecified atom stereocenters. The second-order valence-corrected chi connectivity index (χ2v) is 12.0. The molecule has 5 aliphatic rings. The molecule has 178 valence electrons. The number of likely N-dealkylation sites (N-methyl/N-ethyl adjacent to an activating group) is 1. The lowest BCUT2D eigenvalue weighted by molar-refractivity contribution is 0.0655. The number of thioether (sulfide) groups is 1. The molecule has 0 radical (unpaired) electrons. The largest absolute Gasteiger partial charge is 0.489 e. The Balaban J connectivity index is 1.05. The number of rotatable bonds is 5. The topological polar surface area (TPSA) is 41.8 Å². The molecule has 5 nitrogen and oxygen atoms in total. The molecule has 0 N–H and O–H groups in total. The van der Waals surface area contributed by atoms with E-state index in [1.165, 1.54) is 12.8 Å². The Bertz CT molecular complexity index is 1160. The third kappa shape index (κ3) is 3.21. The lowest BCUT2D eigenvalue weighted by Crippen LogP contribution is -2.46. The minimum atomic E-state index is 0.0158. The molecule has 0 aromatic heterocycles. The van der Waals surface area contributed by atoms with Crippen molar-refractivity contribution in [1.29, 1.82) is 0 Å². The fourth-order valence-corrected chi connectivity index (χ4v) is 7.53. The van der Waals surface area contributed by atoms with E-state index in [2.05, 4.69) is 11.9 Å². The van der Waals surface area contributed by atoms with Gasteiger partial charge in [-0.05, 0) is 80.6 Å². The van der Waals surface area contributed by atoms with Crippen LogP contribution in [0.2, 0.25) is 5.02 Å². The molecule has 34 heavy (non-hydrogen) atoms. The Kier molecular flexibility index (Phi) is 4.91. The number of benzene rings is 2. The number of carbonyl (C=O) groups excluding carboxylic acids is 1. The van der Waals surface area contributed by atoms with E-state index >= 15 is 0 Å². The zero-order valence-corrected chi connectivity index (χ0v) is 20.9. The summed E-state index contributed by atoms with van der Waals surface area (Å²) in [4.78, 5) is 17.7. The summed E-state index contributed by atoms with van der Waals surface area (Å²) in [5, 5.41) is 0.577. The fourth-order valence-electron chi connectivity index (χ4n) is 6.75. The summed E-state index contributed by atoms with van der Waals surface area (Å²) in [6.07, 6.45) is 6.19. The van der Waals surface area contributed by atoms with Gasteiger partial charge in [-0.3, -0.25) is 9.69 Å². The van der Waals surface area contributed by atoms with Crippen LogP contribution in [-0.2, 0) is 6.42 Å². The number of hydrogen-bond donors (Lipinski definition) is 0. The van der Waals surface area contributed by atoms with Gasteiger partial charge in [0.25, 0.3) is 5.91 Å². The smallest absolute Gasteiger partial charge is 0.258 e. The molecule has 4 fully saturated rings. The van der Waals surface area contributed by atoms with Gasteiger partial charge in [-0.15, -0.1) is 0 Å². The molecule has 7 heteroatoms. The van der Waals surface area contributed by atoms with E-state index in [0.717, 1.165) is 65.0 Å².